The van der Waals surface area contributed by atoms with E-state index in [0.29, 0.717) is 0 Å². The molecule has 20 heavy (non-hydrogen) atoms. The molecule has 0 saturated carbocycles. The van der Waals surface area contributed by atoms with Crippen molar-refractivity contribution in [3.8, 4) is 0 Å². The topological polar surface area (TPSA) is 32.6 Å². The summed E-state index contributed by atoms with van der Waals surface area (Å²) >= 11 is 1.72. The molecule has 2 aromatic heterocycles. The van der Waals surface area contributed by atoms with Crippen molar-refractivity contribution in [1.82, 2.24) is 14.7 Å². The van der Waals surface area contributed by atoms with Gasteiger partial charge in [0.25, 0.3) is 0 Å². The second-order valence-electron chi connectivity index (χ2n) is 5.61. The van der Waals surface area contributed by atoms with Gasteiger partial charge < -0.3 is 10.2 Å². The number of anilines is 1. The highest BCUT2D eigenvalue weighted by molar-refractivity contribution is 7.15. The molecule has 1 atom stereocenters. The Kier molecular flexibility index (Phi) is 4.27. The first-order valence-electron chi connectivity index (χ1n) is 7.73. The molecular weight excluding hydrogens is 268 g/mol. The molecule has 1 N–H and O–H groups in total. The van der Waals surface area contributed by atoms with Crippen LogP contribution in [0.1, 0.15) is 38.8 Å². The maximum absolute atomic E-state index is 4.87. The summed E-state index contributed by atoms with van der Waals surface area (Å²) < 4.78 is 2.25. The molecule has 110 valence electrons. The maximum Gasteiger partial charge on any atom is 0.195 e. The predicted molar refractivity (Wildman–Crippen MR) is 85.7 cm³/mol. The van der Waals surface area contributed by atoms with Crippen molar-refractivity contribution < 1.29 is 0 Å². The molecule has 0 aromatic carbocycles. The number of hydrogen-bond acceptors (Lipinski definition) is 4. The lowest BCUT2D eigenvalue weighted by Crippen LogP contribution is -2.23. The highest BCUT2D eigenvalue weighted by Gasteiger charge is 2.26. The summed E-state index contributed by atoms with van der Waals surface area (Å²) in [5, 5.41) is 5.57. The van der Waals surface area contributed by atoms with Crippen LogP contribution in [0.3, 0.4) is 0 Å². The second kappa shape index (κ2) is 6.14. The number of fused-ring (bicyclic) bond motifs is 1. The van der Waals surface area contributed by atoms with E-state index in [-0.39, 0.29) is 0 Å². The highest BCUT2D eigenvalue weighted by atomic mass is 32.1. The monoisotopic (exact) mass is 292 g/mol. The van der Waals surface area contributed by atoms with Gasteiger partial charge in [0.2, 0.25) is 0 Å². The van der Waals surface area contributed by atoms with Crippen molar-refractivity contribution in [2.24, 2.45) is 5.92 Å². The summed E-state index contributed by atoms with van der Waals surface area (Å²) in [6.07, 6.45) is 6.10. The van der Waals surface area contributed by atoms with E-state index in [2.05, 4.69) is 40.0 Å². The number of thiazole rings is 1. The van der Waals surface area contributed by atoms with E-state index in [1.54, 1.807) is 11.3 Å². The molecule has 4 nitrogen and oxygen atoms in total. The Morgan fingerprint density at radius 1 is 1.45 bits per heavy atom. The summed E-state index contributed by atoms with van der Waals surface area (Å²) in [6.45, 7) is 8.67. The first-order chi connectivity index (χ1) is 9.83. The fourth-order valence-electron chi connectivity index (χ4n) is 3.15. The van der Waals surface area contributed by atoms with Crippen LogP contribution in [-0.4, -0.2) is 29.0 Å². The van der Waals surface area contributed by atoms with Crippen molar-refractivity contribution >= 4 is 22.1 Å². The zero-order chi connectivity index (χ0) is 13.9. The fourth-order valence-corrected chi connectivity index (χ4v) is 3.88. The minimum atomic E-state index is 0.853. The molecule has 3 heterocycles. The van der Waals surface area contributed by atoms with Crippen molar-refractivity contribution in [2.45, 2.75) is 39.7 Å². The average Bonchev–Trinajstić information content (AvgIpc) is 3.11. The molecular formula is C15H24N4S. The van der Waals surface area contributed by atoms with Gasteiger partial charge in [-0.2, -0.15) is 0 Å². The van der Waals surface area contributed by atoms with Crippen LogP contribution < -0.4 is 10.2 Å². The second-order valence-corrected chi connectivity index (χ2v) is 6.48. The fraction of sp³-hybridized carbons (Fsp3) is 0.667. The minimum absolute atomic E-state index is 0.853. The molecule has 3 rings (SSSR count). The Balaban J connectivity index is 1.84. The van der Waals surface area contributed by atoms with Crippen molar-refractivity contribution in [1.29, 1.82) is 0 Å². The maximum atomic E-state index is 4.87. The Hall–Kier alpha value is -1.07. The number of nitrogens with one attached hydrogen (secondary N) is 1. The first-order valence-corrected chi connectivity index (χ1v) is 8.61. The summed E-state index contributed by atoms with van der Waals surface area (Å²) in [7, 11) is 0. The lowest BCUT2D eigenvalue weighted by molar-refractivity contribution is 0.529. The zero-order valence-corrected chi connectivity index (χ0v) is 13.2. The Morgan fingerprint density at radius 3 is 3.15 bits per heavy atom. The van der Waals surface area contributed by atoms with Gasteiger partial charge in [-0.15, -0.1) is 11.3 Å². The van der Waals surface area contributed by atoms with Crippen molar-refractivity contribution in [3.05, 3.63) is 17.3 Å². The van der Waals surface area contributed by atoms with Crippen LogP contribution in [-0.2, 0) is 6.54 Å². The molecule has 0 spiro atoms. The van der Waals surface area contributed by atoms with Gasteiger partial charge in [-0.3, -0.25) is 4.40 Å². The van der Waals surface area contributed by atoms with E-state index in [1.165, 1.54) is 37.3 Å². The van der Waals surface area contributed by atoms with E-state index in [0.717, 1.165) is 30.5 Å². The van der Waals surface area contributed by atoms with Crippen LogP contribution in [0, 0.1) is 5.92 Å². The van der Waals surface area contributed by atoms with Crippen LogP contribution in [0.4, 0.5) is 5.82 Å². The van der Waals surface area contributed by atoms with Gasteiger partial charge >= 0.3 is 0 Å². The lowest BCUT2D eigenvalue weighted by Gasteiger charge is -2.18. The molecule has 0 aliphatic carbocycles. The molecule has 1 fully saturated rings. The SMILES string of the molecule is CCCC1CCN(c2nc3sccn3c2CNCC)C1. The molecule has 5 heteroatoms. The molecule has 2 aromatic rings. The van der Waals surface area contributed by atoms with Crippen LogP contribution in [0.15, 0.2) is 11.6 Å². The van der Waals surface area contributed by atoms with Gasteiger partial charge in [0, 0.05) is 31.2 Å². The summed E-state index contributed by atoms with van der Waals surface area (Å²) in [4.78, 5) is 8.48. The van der Waals surface area contributed by atoms with Gasteiger partial charge in [-0.05, 0) is 25.3 Å². The Morgan fingerprint density at radius 2 is 2.35 bits per heavy atom. The van der Waals surface area contributed by atoms with E-state index < -0.39 is 0 Å². The third-order valence-corrected chi connectivity index (χ3v) is 4.92. The van der Waals surface area contributed by atoms with Gasteiger partial charge in [0.1, 0.15) is 0 Å². The normalized spacial score (nSPS) is 19.3. The lowest BCUT2D eigenvalue weighted by atomic mass is 10.0. The van der Waals surface area contributed by atoms with E-state index >= 15 is 0 Å². The Labute approximate surface area is 124 Å². The number of rotatable bonds is 6. The first kappa shape index (κ1) is 13.9. The zero-order valence-electron chi connectivity index (χ0n) is 12.4. The summed E-state index contributed by atoms with van der Waals surface area (Å²) in [6, 6.07) is 0. The molecule has 1 saturated heterocycles. The molecule has 1 aliphatic rings. The van der Waals surface area contributed by atoms with Gasteiger partial charge in [0.15, 0.2) is 10.8 Å². The third-order valence-electron chi connectivity index (χ3n) is 4.16. The van der Waals surface area contributed by atoms with E-state index in [9.17, 15) is 0 Å². The number of nitrogens with zero attached hydrogens (tertiary/aromatic N) is 3. The summed E-state index contributed by atoms with van der Waals surface area (Å²) in [5.41, 5.74) is 1.32. The smallest absolute Gasteiger partial charge is 0.195 e. The molecule has 0 amide bonds. The predicted octanol–water partition coefficient (Wildman–Crippen LogP) is 3.13. The van der Waals surface area contributed by atoms with Gasteiger partial charge in [-0.1, -0.05) is 20.3 Å². The summed E-state index contributed by atoms with van der Waals surface area (Å²) in [5.74, 6) is 2.06. The minimum Gasteiger partial charge on any atom is -0.355 e. The average molecular weight is 292 g/mol. The van der Waals surface area contributed by atoms with Gasteiger partial charge in [0.05, 0.1) is 5.69 Å². The molecule has 1 unspecified atom stereocenters. The van der Waals surface area contributed by atoms with Crippen molar-refractivity contribution in [3.63, 3.8) is 0 Å². The Bertz CT molecular complexity index is 559. The van der Waals surface area contributed by atoms with Crippen LogP contribution in [0.25, 0.3) is 4.96 Å². The number of imidazole rings is 1. The standard InChI is InChI=1S/C15H24N4S/c1-3-5-12-6-7-18(11-12)14-13(10-16-4-2)19-8-9-20-15(19)17-14/h8-9,12,16H,3-7,10-11H2,1-2H3. The van der Waals surface area contributed by atoms with Crippen LogP contribution in [0.2, 0.25) is 0 Å². The molecule has 1 aliphatic heterocycles. The number of hydrogen-bond donors (Lipinski definition) is 1. The van der Waals surface area contributed by atoms with Gasteiger partial charge in [-0.25, -0.2) is 4.98 Å². The van der Waals surface area contributed by atoms with Crippen LogP contribution >= 0.6 is 11.3 Å². The largest absolute Gasteiger partial charge is 0.355 e. The molecule has 0 radical (unpaired) electrons. The highest BCUT2D eigenvalue weighted by Crippen LogP contribution is 2.30. The van der Waals surface area contributed by atoms with Crippen LogP contribution in [0.5, 0.6) is 0 Å². The molecule has 0 bridgehead atoms. The number of aromatic nitrogens is 2. The quantitative estimate of drug-likeness (QED) is 0.888. The third kappa shape index (κ3) is 2.56. The van der Waals surface area contributed by atoms with E-state index in [4.69, 9.17) is 4.98 Å². The van der Waals surface area contributed by atoms with Crippen molar-refractivity contribution in [2.75, 3.05) is 24.5 Å². The van der Waals surface area contributed by atoms with E-state index in [1.807, 2.05) is 0 Å².